The molecule has 2 rings (SSSR count). The topological polar surface area (TPSA) is 38.1 Å². The monoisotopic (exact) mass is 283 g/mol. The van der Waals surface area contributed by atoms with Gasteiger partial charge in [-0.2, -0.15) is 5.10 Å². The molecule has 0 saturated heterocycles. The van der Waals surface area contributed by atoms with E-state index < -0.39 is 0 Å². The second-order valence-corrected chi connectivity index (χ2v) is 4.80. The Morgan fingerprint density at radius 3 is 2.38 bits per heavy atom. The molecule has 0 N–H and O–H groups in total. The van der Waals surface area contributed by atoms with Gasteiger partial charge in [-0.25, -0.2) is 0 Å². The summed E-state index contributed by atoms with van der Waals surface area (Å²) in [7, 11) is 1.76. The maximum atomic E-state index is 12.0. The van der Waals surface area contributed by atoms with Crippen molar-refractivity contribution in [1.29, 1.82) is 0 Å². The highest BCUT2D eigenvalue weighted by Crippen LogP contribution is 2.15. The molecule has 1 aromatic heterocycles. The molecule has 0 atom stereocenters. The van der Waals surface area contributed by atoms with Crippen LogP contribution in [0.4, 0.5) is 5.69 Å². The molecule has 0 bridgehead atoms. The molecular weight excluding hydrogens is 262 g/mol. The van der Waals surface area contributed by atoms with Gasteiger partial charge in [0.15, 0.2) is 0 Å². The Kier molecular flexibility index (Phi) is 4.93. The third-order valence-corrected chi connectivity index (χ3v) is 3.52. The lowest BCUT2D eigenvalue weighted by Crippen LogP contribution is -2.21. The van der Waals surface area contributed by atoms with E-state index in [1.54, 1.807) is 30.1 Å². The van der Waals surface area contributed by atoms with Crippen LogP contribution in [-0.4, -0.2) is 28.7 Å². The van der Waals surface area contributed by atoms with Gasteiger partial charge in [0.25, 0.3) is 0 Å². The lowest BCUT2D eigenvalue weighted by atomic mass is 10.1. The van der Waals surface area contributed by atoms with Gasteiger partial charge in [-0.1, -0.05) is 18.2 Å². The first-order valence-corrected chi connectivity index (χ1v) is 7.21. The minimum atomic E-state index is -0.0391. The number of benzene rings is 1. The van der Waals surface area contributed by atoms with Crippen LogP contribution >= 0.6 is 0 Å². The van der Waals surface area contributed by atoms with Crippen LogP contribution in [0.1, 0.15) is 29.9 Å². The lowest BCUT2D eigenvalue weighted by Gasteiger charge is -2.20. The summed E-state index contributed by atoms with van der Waals surface area (Å²) >= 11 is 0. The van der Waals surface area contributed by atoms with E-state index in [1.807, 2.05) is 18.2 Å². The Hall–Kier alpha value is -2.36. The first-order valence-electron chi connectivity index (χ1n) is 7.21. The summed E-state index contributed by atoms with van der Waals surface area (Å²) in [6.45, 7) is 6.27. The van der Waals surface area contributed by atoms with Gasteiger partial charge in [0.1, 0.15) is 5.69 Å². The van der Waals surface area contributed by atoms with Gasteiger partial charge in [0.2, 0.25) is 5.78 Å². The molecule has 21 heavy (non-hydrogen) atoms. The Morgan fingerprint density at radius 1 is 1.19 bits per heavy atom. The Labute approximate surface area is 125 Å². The summed E-state index contributed by atoms with van der Waals surface area (Å²) in [5.41, 5.74) is 2.81. The molecule has 1 aromatic carbocycles. The van der Waals surface area contributed by atoms with E-state index in [9.17, 15) is 4.79 Å². The minimum absolute atomic E-state index is 0.0391. The fourth-order valence-corrected chi connectivity index (χ4v) is 2.26. The number of anilines is 1. The van der Waals surface area contributed by atoms with E-state index >= 15 is 0 Å². The van der Waals surface area contributed by atoms with Crippen molar-refractivity contribution in [3.63, 3.8) is 0 Å². The zero-order chi connectivity index (χ0) is 15.2. The first-order chi connectivity index (χ1) is 10.2. The minimum Gasteiger partial charge on any atom is -0.372 e. The number of carbonyl (C=O) groups excluding carboxylic acids is 1. The molecule has 0 radical (unpaired) electrons. The van der Waals surface area contributed by atoms with Crippen LogP contribution in [0.2, 0.25) is 0 Å². The molecule has 0 amide bonds. The fourth-order valence-electron chi connectivity index (χ4n) is 2.26. The van der Waals surface area contributed by atoms with Crippen LogP contribution in [0.15, 0.2) is 42.6 Å². The predicted octanol–water partition coefficient (Wildman–Crippen LogP) is 3.16. The number of hydrogen-bond acceptors (Lipinski definition) is 3. The van der Waals surface area contributed by atoms with Crippen molar-refractivity contribution in [1.82, 2.24) is 9.78 Å². The molecule has 0 aliphatic rings. The largest absolute Gasteiger partial charge is 0.372 e. The molecule has 4 nitrogen and oxygen atoms in total. The van der Waals surface area contributed by atoms with Crippen LogP contribution in [-0.2, 0) is 7.05 Å². The maximum Gasteiger partial charge on any atom is 0.203 e. The van der Waals surface area contributed by atoms with Crippen molar-refractivity contribution in [3.05, 3.63) is 53.9 Å². The lowest BCUT2D eigenvalue weighted by molar-refractivity contribution is 0.103. The first kappa shape index (κ1) is 15.0. The van der Waals surface area contributed by atoms with Gasteiger partial charge < -0.3 is 4.90 Å². The van der Waals surface area contributed by atoms with E-state index in [0.29, 0.717) is 5.69 Å². The van der Waals surface area contributed by atoms with E-state index in [4.69, 9.17) is 0 Å². The highest BCUT2D eigenvalue weighted by Gasteiger charge is 2.05. The number of aromatic nitrogens is 2. The normalized spacial score (nSPS) is 11.0. The number of rotatable bonds is 6. The van der Waals surface area contributed by atoms with Gasteiger partial charge >= 0.3 is 0 Å². The fraction of sp³-hybridized carbons (Fsp3) is 0.294. The average Bonchev–Trinajstić information content (AvgIpc) is 2.93. The van der Waals surface area contributed by atoms with Crippen molar-refractivity contribution in [2.75, 3.05) is 18.0 Å². The Bertz CT molecular complexity index is 622. The van der Waals surface area contributed by atoms with Crippen LogP contribution < -0.4 is 4.90 Å². The number of hydrogen-bond donors (Lipinski definition) is 0. The van der Waals surface area contributed by atoms with Gasteiger partial charge in [-0.15, -0.1) is 0 Å². The summed E-state index contributed by atoms with van der Waals surface area (Å²) < 4.78 is 1.58. The molecule has 1 heterocycles. The highest BCUT2D eigenvalue weighted by molar-refractivity contribution is 6.05. The molecule has 110 valence electrons. The molecule has 0 unspecified atom stereocenters. The van der Waals surface area contributed by atoms with E-state index in [0.717, 1.165) is 18.7 Å². The Morgan fingerprint density at radius 2 is 1.86 bits per heavy atom. The van der Waals surface area contributed by atoms with Gasteiger partial charge in [-0.05, 0) is 43.7 Å². The summed E-state index contributed by atoms with van der Waals surface area (Å²) in [4.78, 5) is 14.3. The molecule has 0 aliphatic heterocycles. The molecule has 4 heteroatoms. The number of allylic oxidation sites excluding steroid dienone is 1. The third-order valence-electron chi connectivity index (χ3n) is 3.52. The molecule has 0 spiro atoms. The van der Waals surface area contributed by atoms with Gasteiger partial charge in [0, 0.05) is 32.0 Å². The third kappa shape index (κ3) is 3.60. The number of ketones is 1. The van der Waals surface area contributed by atoms with Gasteiger partial charge in [-0.3, -0.25) is 9.48 Å². The summed E-state index contributed by atoms with van der Waals surface area (Å²) in [5.74, 6) is -0.0391. The molecular formula is C17H21N3O. The van der Waals surface area contributed by atoms with E-state index in [-0.39, 0.29) is 5.78 Å². The number of nitrogens with zero attached hydrogens (tertiary/aromatic N) is 3. The van der Waals surface area contributed by atoms with E-state index in [2.05, 4.69) is 36.0 Å². The maximum absolute atomic E-state index is 12.0. The molecule has 0 fully saturated rings. The number of carbonyl (C=O) groups is 1. The standard InChI is InChI=1S/C17H21N3O/c1-4-20(5-2)15-9-6-14(7-10-15)8-11-17(21)16-12-13-18-19(16)3/h6-13H,4-5H2,1-3H3/b11-8+. The molecule has 2 aromatic rings. The summed E-state index contributed by atoms with van der Waals surface area (Å²) in [6.07, 6.45) is 5.05. The SMILES string of the molecule is CCN(CC)c1ccc(/C=C/C(=O)c2ccnn2C)cc1. The predicted molar refractivity (Wildman–Crippen MR) is 86.6 cm³/mol. The second kappa shape index (κ2) is 6.88. The van der Waals surface area contributed by atoms with Crippen molar-refractivity contribution in [2.24, 2.45) is 7.05 Å². The summed E-state index contributed by atoms with van der Waals surface area (Å²) in [6, 6.07) is 9.94. The van der Waals surface area contributed by atoms with E-state index in [1.165, 1.54) is 5.69 Å². The van der Waals surface area contributed by atoms with Crippen LogP contribution in [0.25, 0.3) is 6.08 Å². The molecule has 0 aliphatic carbocycles. The van der Waals surface area contributed by atoms with Crippen molar-refractivity contribution in [3.8, 4) is 0 Å². The zero-order valence-electron chi connectivity index (χ0n) is 12.8. The second-order valence-electron chi connectivity index (χ2n) is 4.80. The van der Waals surface area contributed by atoms with Crippen LogP contribution in [0.3, 0.4) is 0 Å². The van der Waals surface area contributed by atoms with Crippen molar-refractivity contribution < 1.29 is 4.79 Å². The number of aryl methyl sites for hydroxylation is 1. The summed E-state index contributed by atoms with van der Waals surface area (Å²) in [5, 5.41) is 4.00. The zero-order valence-corrected chi connectivity index (χ0v) is 12.8. The van der Waals surface area contributed by atoms with Crippen LogP contribution in [0, 0.1) is 0 Å². The quantitative estimate of drug-likeness (QED) is 0.604. The molecule has 0 saturated carbocycles. The Balaban J connectivity index is 2.08. The van der Waals surface area contributed by atoms with Crippen LogP contribution in [0.5, 0.6) is 0 Å². The van der Waals surface area contributed by atoms with Gasteiger partial charge in [0.05, 0.1) is 0 Å². The smallest absolute Gasteiger partial charge is 0.203 e. The highest BCUT2D eigenvalue weighted by atomic mass is 16.1. The average molecular weight is 283 g/mol. The van der Waals surface area contributed by atoms with Crippen molar-refractivity contribution >= 4 is 17.5 Å². The van der Waals surface area contributed by atoms with Crippen molar-refractivity contribution in [2.45, 2.75) is 13.8 Å².